The number of carbonyl (C=O) groups excluding carboxylic acids is 1. The van der Waals surface area contributed by atoms with E-state index in [1.165, 1.54) is 11.6 Å². The highest BCUT2D eigenvalue weighted by Gasteiger charge is 2.17. The summed E-state index contributed by atoms with van der Waals surface area (Å²) in [4.78, 5) is 24.8. The van der Waals surface area contributed by atoms with Crippen LogP contribution < -0.4 is 0 Å². The summed E-state index contributed by atoms with van der Waals surface area (Å²) < 4.78 is 5.40. The first-order valence-corrected chi connectivity index (χ1v) is 7.49. The van der Waals surface area contributed by atoms with Crippen LogP contribution in [0.3, 0.4) is 0 Å². The number of carbonyl (C=O) groups is 2. The normalized spacial score (nSPS) is 10.6. The van der Waals surface area contributed by atoms with E-state index in [0.29, 0.717) is 24.4 Å². The monoisotopic (exact) mass is 315 g/mol. The molecule has 2 aromatic rings. The largest absolute Gasteiger partial charge is 0.478 e. The average molecular weight is 315 g/mol. The number of amides is 1. The first kappa shape index (κ1) is 16.8. The predicted molar refractivity (Wildman–Crippen MR) is 86.4 cm³/mol. The summed E-state index contributed by atoms with van der Waals surface area (Å²) in [6, 6.07) is 9.48. The van der Waals surface area contributed by atoms with Gasteiger partial charge in [-0.15, -0.1) is 0 Å². The van der Waals surface area contributed by atoms with Crippen molar-refractivity contribution in [1.82, 2.24) is 4.90 Å². The van der Waals surface area contributed by atoms with E-state index < -0.39 is 5.97 Å². The van der Waals surface area contributed by atoms with Crippen molar-refractivity contribution in [2.75, 3.05) is 7.05 Å². The van der Waals surface area contributed by atoms with Gasteiger partial charge >= 0.3 is 5.97 Å². The molecule has 0 spiro atoms. The molecule has 0 aliphatic heterocycles. The van der Waals surface area contributed by atoms with Gasteiger partial charge in [-0.2, -0.15) is 0 Å². The lowest BCUT2D eigenvalue weighted by atomic mass is 10.0. The number of aryl methyl sites for hydroxylation is 3. The fraction of sp³-hybridized carbons (Fsp3) is 0.333. The molecule has 2 rings (SSSR count). The van der Waals surface area contributed by atoms with E-state index in [2.05, 4.69) is 0 Å². The van der Waals surface area contributed by atoms with Gasteiger partial charge in [0, 0.05) is 13.5 Å². The summed E-state index contributed by atoms with van der Waals surface area (Å²) in [5.41, 5.74) is 2.48. The maximum atomic E-state index is 12.2. The van der Waals surface area contributed by atoms with Gasteiger partial charge in [0.15, 0.2) is 0 Å². The maximum absolute atomic E-state index is 12.2. The van der Waals surface area contributed by atoms with Gasteiger partial charge in [0.05, 0.1) is 6.54 Å². The van der Waals surface area contributed by atoms with E-state index >= 15 is 0 Å². The van der Waals surface area contributed by atoms with E-state index in [1.807, 2.05) is 31.2 Å². The molecule has 0 atom stereocenters. The zero-order valence-corrected chi connectivity index (χ0v) is 13.6. The van der Waals surface area contributed by atoms with Crippen molar-refractivity contribution in [2.45, 2.75) is 33.2 Å². The molecule has 0 radical (unpaired) electrons. The molecule has 1 aromatic heterocycles. The number of hydrogen-bond donors (Lipinski definition) is 1. The standard InChI is InChI=1S/C18H21NO4/c1-12-6-4-5-7-14(12)8-9-17(20)19(3)11-15-10-16(18(21)22)13(2)23-15/h4-7,10H,8-9,11H2,1-3H3,(H,21,22). The van der Waals surface area contributed by atoms with Crippen LogP contribution >= 0.6 is 0 Å². The van der Waals surface area contributed by atoms with Gasteiger partial charge in [-0.3, -0.25) is 4.79 Å². The summed E-state index contributed by atoms with van der Waals surface area (Å²) in [7, 11) is 1.69. The van der Waals surface area contributed by atoms with E-state index in [1.54, 1.807) is 18.9 Å². The van der Waals surface area contributed by atoms with E-state index in [0.717, 1.165) is 5.56 Å². The average Bonchev–Trinajstić information content (AvgIpc) is 2.86. The lowest BCUT2D eigenvalue weighted by molar-refractivity contribution is -0.130. The van der Waals surface area contributed by atoms with Crippen LogP contribution in [0, 0.1) is 13.8 Å². The first-order chi connectivity index (χ1) is 10.9. The summed E-state index contributed by atoms with van der Waals surface area (Å²) in [5, 5.41) is 9.02. The zero-order valence-electron chi connectivity index (χ0n) is 13.6. The summed E-state index contributed by atoms with van der Waals surface area (Å²) in [6.45, 7) is 3.90. The number of rotatable bonds is 6. The second kappa shape index (κ2) is 7.13. The molecular formula is C18H21NO4. The lowest BCUT2D eigenvalue weighted by Gasteiger charge is -2.16. The Balaban J connectivity index is 1.94. The second-order valence-corrected chi connectivity index (χ2v) is 5.66. The van der Waals surface area contributed by atoms with E-state index in [-0.39, 0.29) is 18.0 Å². The van der Waals surface area contributed by atoms with Gasteiger partial charge in [0.2, 0.25) is 5.91 Å². The second-order valence-electron chi connectivity index (χ2n) is 5.66. The molecule has 1 aromatic carbocycles. The molecule has 0 saturated carbocycles. The van der Waals surface area contributed by atoms with Gasteiger partial charge in [-0.05, 0) is 37.5 Å². The molecule has 0 bridgehead atoms. The van der Waals surface area contributed by atoms with Gasteiger partial charge < -0.3 is 14.4 Å². The Kier molecular flexibility index (Phi) is 5.21. The van der Waals surface area contributed by atoms with Crippen LogP contribution in [-0.2, 0) is 17.8 Å². The third kappa shape index (κ3) is 4.22. The van der Waals surface area contributed by atoms with Crippen molar-refractivity contribution in [1.29, 1.82) is 0 Å². The SMILES string of the molecule is Cc1ccccc1CCC(=O)N(C)Cc1cc(C(=O)O)c(C)o1. The quantitative estimate of drug-likeness (QED) is 0.888. The molecule has 1 N–H and O–H groups in total. The number of aromatic carboxylic acids is 1. The lowest BCUT2D eigenvalue weighted by Crippen LogP contribution is -2.26. The molecule has 0 aliphatic carbocycles. The molecule has 0 aliphatic rings. The predicted octanol–water partition coefficient (Wildman–Crippen LogP) is 3.19. The van der Waals surface area contributed by atoms with Crippen LogP contribution in [0.25, 0.3) is 0 Å². The Morgan fingerprint density at radius 1 is 1.22 bits per heavy atom. The highest BCUT2D eigenvalue weighted by Crippen LogP contribution is 2.17. The van der Waals surface area contributed by atoms with E-state index in [4.69, 9.17) is 9.52 Å². The van der Waals surface area contributed by atoms with Crippen LogP contribution in [0.15, 0.2) is 34.7 Å². The molecule has 0 saturated heterocycles. The van der Waals surface area contributed by atoms with Crippen LogP contribution in [0.4, 0.5) is 0 Å². The summed E-state index contributed by atoms with van der Waals surface area (Å²) >= 11 is 0. The highest BCUT2D eigenvalue weighted by molar-refractivity contribution is 5.88. The molecule has 5 nitrogen and oxygen atoms in total. The van der Waals surface area contributed by atoms with Gasteiger partial charge in [-0.25, -0.2) is 4.79 Å². The Labute approximate surface area is 135 Å². The third-order valence-electron chi connectivity index (χ3n) is 3.89. The fourth-order valence-corrected chi connectivity index (χ4v) is 2.48. The topological polar surface area (TPSA) is 70.8 Å². The fourth-order valence-electron chi connectivity index (χ4n) is 2.48. The van der Waals surface area contributed by atoms with Crippen molar-refractivity contribution in [3.05, 3.63) is 58.5 Å². The number of hydrogen-bond acceptors (Lipinski definition) is 3. The Morgan fingerprint density at radius 2 is 1.91 bits per heavy atom. The number of carboxylic acid groups (broad SMARTS) is 1. The minimum Gasteiger partial charge on any atom is -0.478 e. The van der Waals surface area contributed by atoms with Crippen molar-refractivity contribution in [2.24, 2.45) is 0 Å². The van der Waals surface area contributed by atoms with Crippen LogP contribution in [-0.4, -0.2) is 28.9 Å². The molecule has 1 amide bonds. The molecule has 0 unspecified atom stereocenters. The van der Waals surface area contributed by atoms with Crippen molar-refractivity contribution in [3.8, 4) is 0 Å². The first-order valence-electron chi connectivity index (χ1n) is 7.49. The zero-order chi connectivity index (χ0) is 17.0. The Morgan fingerprint density at radius 3 is 2.52 bits per heavy atom. The molecule has 122 valence electrons. The van der Waals surface area contributed by atoms with Crippen LogP contribution in [0.2, 0.25) is 0 Å². The van der Waals surface area contributed by atoms with Gasteiger partial charge in [0.1, 0.15) is 17.1 Å². The minimum atomic E-state index is -1.02. The maximum Gasteiger partial charge on any atom is 0.339 e. The number of nitrogens with zero attached hydrogens (tertiary/aromatic N) is 1. The molecule has 23 heavy (non-hydrogen) atoms. The van der Waals surface area contributed by atoms with Crippen molar-refractivity contribution >= 4 is 11.9 Å². The van der Waals surface area contributed by atoms with Crippen LogP contribution in [0.5, 0.6) is 0 Å². The van der Waals surface area contributed by atoms with Crippen molar-refractivity contribution < 1.29 is 19.1 Å². The Bertz CT molecular complexity index is 718. The number of benzene rings is 1. The highest BCUT2D eigenvalue weighted by atomic mass is 16.4. The van der Waals surface area contributed by atoms with E-state index in [9.17, 15) is 9.59 Å². The molecule has 1 heterocycles. The van der Waals surface area contributed by atoms with Crippen molar-refractivity contribution in [3.63, 3.8) is 0 Å². The molecule has 0 fully saturated rings. The molecular weight excluding hydrogens is 294 g/mol. The molecule has 5 heteroatoms. The Hall–Kier alpha value is -2.56. The summed E-state index contributed by atoms with van der Waals surface area (Å²) in [6.07, 6.45) is 1.10. The smallest absolute Gasteiger partial charge is 0.339 e. The third-order valence-corrected chi connectivity index (χ3v) is 3.89. The summed E-state index contributed by atoms with van der Waals surface area (Å²) in [5.74, 6) is -0.190. The minimum absolute atomic E-state index is 0.000758. The van der Waals surface area contributed by atoms with Gasteiger partial charge in [0.25, 0.3) is 0 Å². The van der Waals surface area contributed by atoms with Gasteiger partial charge in [-0.1, -0.05) is 24.3 Å². The number of furan rings is 1. The number of carboxylic acids is 1. The van der Waals surface area contributed by atoms with Crippen LogP contribution in [0.1, 0.15) is 39.4 Å².